The maximum atomic E-state index is 12.4. The summed E-state index contributed by atoms with van der Waals surface area (Å²) < 4.78 is 11.1. The van der Waals surface area contributed by atoms with Crippen LogP contribution in [0, 0.1) is 0 Å². The fourth-order valence-corrected chi connectivity index (χ4v) is 2.36. The maximum Gasteiger partial charge on any atom is 0.263 e. The highest BCUT2D eigenvalue weighted by atomic mass is 16.4. The number of rotatable bonds is 2. The van der Waals surface area contributed by atoms with E-state index < -0.39 is 0 Å². The van der Waals surface area contributed by atoms with Crippen molar-refractivity contribution >= 4 is 27.7 Å². The number of para-hydroxylation sites is 1. The van der Waals surface area contributed by atoms with Gasteiger partial charge in [0.25, 0.3) is 5.78 Å². The van der Waals surface area contributed by atoms with E-state index in [1.54, 1.807) is 24.3 Å². The van der Waals surface area contributed by atoms with Crippen molar-refractivity contribution in [2.45, 2.75) is 0 Å². The summed E-state index contributed by atoms with van der Waals surface area (Å²) in [5.74, 6) is 0.238. The molecule has 102 valence electrons. The summed E-state index contributed by atoms with van der Waals surface area (Å²) in [5, 5.41) is 11.0. The van der Waals surface area contributed by atoms with Crippen LogP contribution in [0.4, 0.5) is 0 Å². The zero-order valence-corrected chi connectivity index (χ0v) is 10.9. The summed E-state index contributed by atoms with van der Waals surface area (Å²) in [6.45, 7) is 0. The van der Waals surface area contributed by atoms with Crippen LogP contribution in [0.25, 0.3) is 21.9 Å². The Morgan fingerprint density at radius 1 is 0.810 bits per heavy atom. The van der Waals surface area contributed by atoms with Gasteiger partial charge in [0.15, 0.2) is 11.5 Å². The number of furan rings is 2. The highest BCUT2D eigenvalue weighted by Crippen LogP contribution is 2.27. The summed E-state index contributed by atoms with van der Waals surface area (Å²) in [4.78, 5) is 12.4. The molecule has 0 unspecified atom stereocenters. The molecule has 0 spiro atoms. The molecule has 21 heavy (non-hydrogen) atoms. The Balaban J connectivity index is 1.81. The lowest BCUT2D eigenvalue weighted by molar-refractivity contribution is 0.0987. The van der Waals surface area contributed by atoms with Gasteiger partial charge in [0, 0.05) is 10.8 Å². The van der Waals surface area contributed by atoms with Gasteiger partial charge in [-0.15, -0.1) is 0 Å². The number of carbonyl (C=O) groups is 1. The van der Waals surface area contributed by atoms with Crippen molar-refractivity contribution in [3.05, 3.63) is 66.1 Å². The van der Waals surface area contributed by atoms with Gasteiger partial charge < -0.3 is 13.9 Å². The average molecular weight is 278 g/mol. The molecule has 0 fully saturated rings. The lowest BCUT2D eigenvalue weighted by atomic mass is 10.2. The van der Waals surface area contributed by atoms with Crippen LogP contribution in [0.1, 0.15) is 16.3 Å². The summed E-state index contributed by atoms with van der Waals surface area (Å²) in [6.07, 6.45) is 0. The number of phenols is 1. The molecule has 0 saturated heterocycles. The molecule has 0 aliphatic heterocycles. The van der Waals surface area contributed by atoms with Crippen LogP contribution in [-0.2, 0) is 0 Å². The van der Waals surface area contributed by atoms with Crippen LogP contribution in [0.2, 0.25) is 0 Å². The predicted octanol–water partition coefficient (Wildman–Crippen LogP) is 4.12. The van der Waals surface area contributed by atoms with Gasteiger partial charge in [0.05, 0.1) is 0 Å². The second kappa shape index (κ2) is 4.24. The van der Waals surface area contributed by atoms with E-state index in [0.717, 1.165) is 5.39 Å². The van der Waals surface area contributed by atoms with Gasteiger partial charge in [0.1, 0.15) is 16.9 Å². The first-order valence-electron chi connectivity index (χ1n) is 6.46. The van der Waals surface area contributed by atoms with E-state index >= 15 is 0 Å². The molecule has 0 saturated carbocycles. The predicted molar refractivity (Wildman–Crippen MR) is 77.5 cm³/mol. The van der Waals surface area contributed by atoms with Crippen LogP contribution in [0.3, 0.4) is 0 Å². The van der Waals surface area contributed by atoms with Crippen LogP contribution < -0.4 is 0 Å². The Hall–Kier alpha value is -3.01. The lowest BCUT2D eigenvalue weighted by Gasteiger charge is -1.90. The number of aromatic hydroxyl groups is 1. The molecule has 0 amide bonds. The first-order chi connectivity index (χ1) is 10.2. The van der Waals surface area contributed by atoms with Crippen LogP contribution in [0.15, 0.2) is 63.4 Å². The number of benzene rings is 2. The number of ketones is 1. The van der Waals surface area contributed by atoms with Crippen molar-refractivity contribution in [3.8, 4) is 5.75 Å². The third-order valence-electron chi connectivity index (χ3n) is 3.37. The number of carbonyl (C=O) groups excluding carboxylic acids is 1. The largest absolute Gasteiger partial charge is 0.508 e. The van der Waals surface area contributed by atoms with Gasteiger partial charge in [-0.2, -0.15) is 0 Å². The minimum atomic E-state index is -0.318. The second-order valence-corrected chi connectivity index (χ2v) is 4.81. The quantitative estimate of drug-likeness (QED) is 0.560. The molecule has 0 radical (unpaired) electrons. The number of phenolic OH excluding ortho intramolecular Hbond substituents is 1. The first kappa shape index (κ1) is 11.8. The Labute approximate surface area is 119 Å². The minimum Gasteiger partial charge on any atom is -0.508 e. The van der Waals surface area contributed by atoms with E-state index in [2.05, 4.69) is 0 Å². The fourth-order valence-electron chi connectivity index (χ4n) is 2.36. The molecule has 2 aromatic carbocycles. The average Bonchev–Trinajstić information content (AvgIpc) is 3.09. The summed E-state index contributed by atoms with van der Waals surface area (Å²) in [5.41, 5.74) is 1.21. The topological polar surface area (TPSA) is 63.6 Å². The third kappa shape index (κ3) is 1.89. The standard InChI is InChI=1S/C17H10O4/c18-12-5-6-14-11(7-12)9-16(21-14)17(19)15-8-10-3-1-2-4-13(10)20-15/h1-9,18H. The third-order valence-corrected chi connectivity index (χ3v) is 3.37. The van der Waals surface area contributed by atoms with Crippen molar-refractivity contribution in [3.63, 3.8) is 0 Å². The molecule has 0 aliphatic carbocycles. The van der Waals surface area contributed by atoms with E-state index in [1.165, 1.54) is 6.07 Å². The van der Waals surface area contributed by atoms with E-state index in [0.29, 0.717) is 16.6 Å². The molecule has 0 atom stereocenters. The monoisotopic (exact) mass is 278 g/mol. The van der Waals surface area contributed by atoms with Crippen LogP contribution in [0.5, 0.6) is 5.75 Å². The Bertz CT molecular complexity index is 942. The molecule has 0 bridgehead atoms. The van der Waals surface area contributed by atoms with Gasteiger partial charge >= 0.3 is 0 Å². The molecule has 0 aliphatic rings. The number of hydrogen-bond donors (Lipinski definition) is 1. The van der Waals surface area contributed by atoms with Gasteiger partial charge in [0.2, 0.25) is 0 Å². The molecule has 2 aromatic heterocycles. The van der Waals surface area contributed by atoms with Crippen molar-refractivity contribution in [2.24, 2.45) is 0 Å². The van der Waals surface area contributed by atoms with Crippen molar-refractivity contribution in [1.82, 2.24) is 0 Å². The summed E-state index contributed by atoms with van der Waals surface area (Å²) in [6, 6.07) is 15.4. The zero-order valence-electron chi connectivity index (χ0n) is 10.9. The highest BCUT2D eigenvalue weighted by Gasteiger charge is 2.18. The molecule has 1 N–H and O–H groups in total. The minimum absolute atomic E-state index is 0.131. The smallest absolute Gasteiger partial charge is 0.263 e. The SMILES string of the molecule is O=C(c1cc2ccccc2o1)c1cc2cc(O)ccc2o1. The maximum absolute atomic E-state index is 12.4. The van der Waals surface area contributed by atoms with Gasteiger partial charge in [-0.25, -0.2) is 0 Å². The molecule has 4 heteroatoms. The molecular weight excluding hydrogens is 268 g/mol. The Kier molecular flexibility index (Phi) is 2.38. The Morgan fingerprint density at radius 3 is 2.24 bits per heavy atom. The zero-order chi connectivity index (χ0) is 14.4. The van der Waals surface area contributed by atoms with E-state index in [1.807, 2.05) is 24.3 Å². The van der Waals surface area contributed by atoms with Crippen molar-refractivity contribution in [2.75, 3.05) is 0 Å². The lowest BCUT2D eigenvalue weighted by Crippen LogP contribution is -1.96. The van der Waals surface area contributed by atoms with E-state index in [-0.39, 0.29) is 23.1 Å². The van der Waals surface area contributed by atoms with Gasteiger partial charge in [-0.1, -0.05) is 18.2 Å². The number of fused-ring (bicyclic) bond motifs is 2. The van der Waals surface area contributed by atoms with Crippen LogP contribution >= 0.6 is 0 Å². The van der Waals surface area contributed by atoms with Crippen LogP contribution in [-0.4, -0.2) is 10.9 Å². The number of hydrogen-bond acceptors (Lipinski definition) is 4. The van der Waals surface area contributed by atoms with Crippen molar-refractivity contribution < 1.29 is 18.7 Å². The molecule has 4 nitrogen and oxygen atoms in total. The van der Waals surface area contributed by atoms with Crippen molar-refractivity contribution in [1.29, 1.82) is 0 Å². The fraction of sp³-hybridized carbons (Fsp3) is 0. The highest BCUT2D eigenvalue weighted by molar-refractivity contribution is 6.09. The molecule has 4 aromatic rings. The van der Waals surface area contributed by atoms with Gasteiger partial charge in [-0.05, 0) is 36.4 Å². The van der Waals surface area contributed by atoms with E-state index in [4.69, 9.17) is 8.83 Å². The summed E-state index contributed by atoms with van der Waals surface area (Å²) in [7, 11) is 0. The second-order valence-electron chi connectivity index (χ2n) is 4.81. The normalized spacial score (nSPS) is 11.2. The summed E-state index contributed by atoms with van der Waals surface area (Å²) >= 11 is 0. The molecule has 4 rings (SSSR count). The first-order valence-corrected chi connectivity index (χ1v) is 6.46. The Morgan fingerprint density at radius 2 is 1.48 bits per heavy atom. The molecular formula is C17H10O4. The van der Waals surface area contributed by atoms with Gasteiger partial charge in [-0.3, -0.25) is 4.79 Å². The van der Waals surface area contributed by atoms with E-state index in [9.17, 15) is 9.90 Å². The molecule has 2 heterocycles.